The molecule has 0 heterocycles. The third-order valence-corrected chi connectivity index (χ3v) is 7.06. The molecule has 6 atom stereocenters. The van der Waals surface area contributed by atoms with Crippen molar-refractivity contribution in [2.75, 3.05) is 0 Å². The van der Waals surface area contributed by atoms with Gasteiger partial charge in [-0.25, -0.2) is 0 Å². The van der Waals surface area contributed by atoms with Crippen molar-refractivity contribution >= 4 is 0 Å². The highest BCUT2D eigenvalue weighted by Crippen LogP contribution is 2.60. The summed E-state index contributed by atoms with van der Waals surface area (Å²) in [4.78, 5) is 0. The third kappa shape index (κ3) is 1.72. The van der Waals surface area contributed by atoms with E-state index in [4.69, 9.17) is 5.73 Å². The van der Waals surface area contributed by atoms with Gasteiger partial charge in [-0.1, -0.05) is 49.3 Å². The number of nitrogens with two attached hydrogens (primary N) is 1. The summed E-state index contributed by atoms with van der Waals surface area (Å²) in [5.41, 5.74) is 9.70. The van der Waals surface area contributed by atoms with Crippen LogP contribution < -0.4 is 5.73 Å². The number of hydrogen-bond donors (Lipinski definition) is 2. The number of fused-ring (bicyclic) bond motifs is 4. The lowest BCUT2D eigenvalue weighted by Crippen LogP contribution is -2.45. The topological polar surface area (TPSA) is 46.2 Å². The van der Waals surface area contributed by atoms with Crippen LogP contribution in [0.5, 0.6) is 0 Å². The molecular formula is C19H27NO. The largest absolute Gasteiger partial charge is 0.388 e. The van der Waals surface area contributed by atoms with Crippen molar-refractivity contribution in [1.82, 2.24) is 0 Å². The Morgan fingerprint density at radius 1 is 1.19 bits per heavy atom. The lowest BCUT2D eigenvalue weighted by atomic mass is 9.53. The average molecular weight is 285 g/mol. The summed E-state index contributed by atoms with van der Waals surface area (Å²) in [5.74, 6) is 1.16. The minimum Gasteiger partial charge on any atom is -0.388 e. The van der Waals surface area contributed by atoms with Gasteiger partial charge in [-0.2, -0.15) is 0 Å². The molecule has 0 amide bonds. The van der Waals surface area contributed by atoms with Crippen LogP contribution in [0.4, 0.5) is 0 Å². The Morgan fingerprint density at radius 2 is 2.00 bits per heavy atom. The zero-order valence-corrected chi connectivity index (χ0v) is 13.2. The van der Waals surface area contributed by atoms with Crippen molar-refractivity contribution in [2.45, 2.75) is 58.1 Å². The van der Waals surface area contributed by atoms with E-state index in [1.807, 2.05) is 6.08 Å². The normalized spacial score (nSPS) is 51.6. The van der Waals surface area contributed by atoms with Crippen molar-refractivity contribution in [3.63, 3.8) is 0 Å². The number of aliphatic hydroxyl groups is 1. The molecule has 0 bridgehead atoms. The highest BCUT2D eigenvalue weighted by Gasteiger charge is 2.52. The second-order valence-electron chi connectivity index (χ2n) is 8.09. The van der Waals surface area contributed by atoms with Crippen LogP contribution in [0.3, 0.4) is 0 Å². The Bertz CT molecular complexity index is 560. The molecule has 4 aliphatic rings. The molecule has 3 N–H and O–H groups in total. The molecule has 4 aliphatic carbocycles. The molecular weight excluding hydrogens is 258 g/mol. The number of rotatable bonds is 0. The third-order valence-electron chi connectivity index (χ3n) is 7.06. The molecule has 21 heavy (non-hydrogen) atoms. The minimum atomic E-state index is -0.266. The van der Waals surface area contributed by atoms with Crippen molar-refractivity contribution in [3.05, 3.63) is 35.5 Å². The van der Waals surface area contributed by atoms with Gasteiger partial charge in [-0.05, 0) is 38.0 Å². The maximum atomic E-state index is 10.4. The highest BCUT2D eigenvalue weighted by atomic mass is 16.3. The van der Waals surface area contributed by atoms with Crippen LogP contribution in [0.15, 0.2) is 35.5 Å². The molecule has 0 aliphatic heterocycles. The molecule has 2 nitrogen and oxygen atoms in total. The molecule has 0 spiro atoms. The fourth-order valence-electron chi connectivity index (χ4n) is 5.53. The quantitative estimate of drug-likeness (QED) is 0.671. The standard InChI is InChI=1S/C19H27NO/c1-18-9-7-13(20)11-12(18)3-4-14-15-5-6-17(21)19(15,2)10-8-16(14)18/h5-7,9,12-13,15,17,21H,3-4,8,10-11,20H2,1-2H3/t12?,13?,15-,17?,18-,19-/m0/s1. The molecule has 0 fully saturated rings. The Kier molecular flexibility index (Phi) is 2.84. The summed E-state index contributed by atoms with van der Waals surface area (Å²) in [6.45, 7) is 4.69. The Morgan fingerprint density at radius 3 is 2.81 bits per heavy atom. The first kappa shape index (κ1) is 13.8. The predicted molar refractivity (Wildman–Crippen MR) is 85.6 cm³/mol. The maximum Gasteiger partial charge on any atom is 0.0783 e. The fraction of sp³-hybridized carbons (Fsp3) is 0.684. The molecule has 2 heteroatoms. The fourth-order valence-corrected chi connectivity index (χ4v) is 5.53. The first-order valence-electron chi connectivity index (χ1n) is 8.49. The van der Waals surface area contributed by atoms with Crippen LogP contribution in [-0.2, 0) is 0 Å². The van der Waals surface area contributed by atoms with E-state index in [0.717, 1.165) is 19.3 Å². The van der Waals surface area contributed by atoms with E-state index >= 15 is 0 Å². The van der Waals surface area contributed by atoms with Gasteiger partial charge in [0.05, 0.1) is 6.10 Å². The van der Waals surface area contributed by atoms with Crippen LogP contribution in [0.2, 0.25) is 0 Å². The van der Waals surface area contributed by atoms with Gasteiger partial charge in [0.1, 0.15) is 0 Å². The van der Waals surface area contributed by atoms with Crippen molar-refractivity contribution < 1.29 is 5.11 Å². The lowest BCUT2D eigenvalue weighted by molar-refractivity contribution is 0.0446. The van der Waals surface area contributed by atoms with Gasteiger partial charge < -0.3 is 10.8 Å². The van der Waals surface area contributed by atoms with Crippen molar-refractivity contribution in [2.24, 2.45) is 28.4 Å². The van der Waals surface area contributed by atoms with Gasteiger partial charge in [0.25, 0.3) is 0 Å². The SMILES string of the molecule is C[C@]12C=CC(N)CC1CCC1=C2CC[C@]2(C)C(O)C=C[C@@H]12. The predicted octanol–water partition coefficient (Wildman–Crippen LogP) is 3.33. The monoisotopic (exact) mass is 285 g/mol. The molecule has 0 saturated heterocycles. The lowest BCUT2D eigenvalue weighted by Gasteiger charge is -2.52. The molecule has 0 aromatic carbocycles. The zero-order valence-electron chi connectivity index (χ0n) is 13.2. The number of aliphatic hydroxyl groups excluding tert-OH is 1. The van der Waals surface area contributed by atoms with Crippen molar-refractivity contribution in [1.29, 1.82) is 0 Å². The molecule has 3 unspecified atom stereocenters. The van der Waals surface area contributed by atoms with E-state index in [1.54, 1.807) is 11.1 Å². The smallest absolute Gasteiger partial charge is 0.0783 e. The Balaban J connectivity index is 1.80. The Labute approximate surface area is 127 Å². The van der Waals surface area contributed by atoms with E-state index in [9.17, 15) is 5.11 Å². The van der Waals surface area contributed by atoms with Gasteiger partial charge in [0.2, 0.25) is 0 Å². The highest BCUT2D eigenvalue weighted by molar-refractivity contribution is 5.41. The first-order valence-corrected chi connectivity index (χ1v) is 8.49. The Hall–Kier alpha value is -0.860. The van der Waals surface area contributed by atoms with Gasteiger partial charge >= 0.3 is 0 Å². The molecule has 4 rings (SSSR count). The maximum absolute atomic E-state index is 10.4. The summed E-state index contributed by atoms with van der Waals surface area (Å²) >= 11 is 0. The van der Waals surface area contributed by atoms with Gasteiger partial charge in [0.15, 0.2) is 0 Å². The van der Waals surface area contributed by atoms with Crippen LogP contribution in [0.1, 0.15) is 46.0 Å². The van der Waals surface area contributed by atoms with E-state index < -0.39 is 0 Å². The van der Waals surface area contributed by atoms with E-state index in [0.29, 0.717) is 11.8 Å². The molecule has 0 saturated carbocycles. The summed E-state index contributed by atoms with van der Waals surface area (Å²) in [7, 11) is 0. The van der Waals surface area contributed by atoms with Crippen LogP contribution in [0, 0.1) is 22.7 Å². The summed E-state index contributed by atoms with van der Waals surface area (Å²) in [6.07, 6.45) is 14.5. The molecule has 114 valence electrons. The molecule has 0 aromatic rings. The van der Waals surface area contributed by atoms with Gasteiger partial charge in [0, 0.05) is 22.8 Å². The number of hydrogen-bond acceptors (Lipinski definition) is 2. The van der Waals surface area contributed by atoms with E-state index in [1.165, 1.54) is 12.8 Å². The van der Waals surface area contributed by atoms with Gasteiger partial charge in [-0.15, -0.1) is 0 Å². The van der Waals surface area contributed by atoms with Crippen molar-refractivity contribution in [3.8, 4) is 0 Å². The van der Waals surface area contributed by atoms with E-state index in [-0.39, 0.29) is 23.0 Å². The first-order chi connectivity index (χ1) is 9.95. The summed E-state index contributed by atoms with van der Waals surface area (Å²) < 4.78 is 0. The molecule has 0 radical (unpaired) electrons. The number of allylic oxidation sites excluding steroid dienone is 4. The zero-order chi connectivity index (χ0) is 14.8. The molecule has 0 aromatic heterocycles. The second kappa shape index (κ2) is 4.33. The average Bonchev–Trinajstić information content (AvgIpc) is 2.76. The second-order valence-corrected chi connectivity index (χ2v) is 8.09. The van der Waals surface area contributed by atoms with Crippen LogP contribution in [-0.4, -0.2) is 17.3 Å². The summed E-state index contributed by atoms with van der Waals surface area (Å²) in [5, 5.41) is 10.4. The van der Waals surface area contributed by atoms with Gasteiger partial charge in [-0.3, -0.25) is 0 Å². The minimum absolute atomic E-state index is 0.0385. The van der Waals surface area contributed by atoms with Crippen LogP contribution in [0.25, 0.3) is 0 Å². The van der Waals surface area contributed by atoms with E-state index in [2.05, 4.69) is 32.1 Å². The summed E-state index contributed by atoms with van der Waals surface area (Å²) in [6, 6.07) is 0.243. The van der Waals surface area contributed by atoms with Crippen LogP contribution >= 0.6 is 0 Å².